The third-order valence-electron chi connectivity index (χ3n) is 5.14. The van der Waals surface area contributed by atoms with Crippen molar-refractivity contribution >= 4 is 11.9 Å². The predicted molar refractivity (Wildman–Crippen MR) is 111 cm³/mol. The van der Waals surface area contributed by atoms with Crippen molar-refractivity contribution in [2.24, 2.45) is 0 Å². The zero-order valence-electron chi connectivity index (χ0n) is 17.1. The largest absolute Gasteiger partial charge is 0.497 e. The van der Waals surface area contributed by atoms with E-state index in [0.29, 0.717) is 44.2 Å². The Morgan fingerprint density at radius 1 is 1.14 bits per heavy atom. The quantitative estimate of drug-likeness (QED) is 0.673. The molecule has 0 bridgehead atoms. The number of hydrogen-bond donors (Lipinski definition) is 0. The second-order valence-electron chi connectivity index (χ2n) is 7.23. The van der Waals surface area contributed by atoms with Crippen LogP contribution in [0.25, 0.3) is 0 Å². The van der Waals surface area contributed by atoms with Gasteiger partial charge in [0.2, 0.25) is 11.9 Å². The summed E-state index contributed by atoms with van der Waals surface area (Å²) in [5, 5.41) is 9.08. The predicted octanol–water partition coefficient (Wildman–Crippen LogP) is 2.73. The monoisotopic (exact) mass is 393 g/mol. The van der Waals surface area contributed by atoms with Crippen LogP contribution in [0, 0.1) is 18.3 Å². The third kappa shape index (κ3) is 5.67. The van der Waals surface area contributed by atoms with Crippen molar-refractivity contribution in [2.45, 2.75) is 32.6 Å². The molecule has 1 aromatic heterocycles. The number of amides is 1. The summed E-state index contributed by atoms with van der Waals surface area (Å²) in [6.45, 7) is 4.56. The van der Waals surface area contributed by atoms with Gasteiger partial charge in [-0.1, -0.05) is 12.1 Å². The molecule has 0 spiro atoms. The van der Waals surface area contributed by atoms with Gasteiger partial charge in [-0.15, -0.1) is 0 Å². The van der Waals surface area contributed by atoms with Gasteiger partial charge in [0, 0.05) is 38.3 Å². The highest BCUT2D eigenvalue weighted by molar-refractivity contribution is 5.76. The topological polar surface area (TPSA) is 82.4 Å². The van der Waals surface area contributed by atoms with Crippen LogP contribution in [-0.4, -0.2) is 54.1 Å². The molecule has 1 aliphatic rings. The lowest BCUT2D eigenvalue weighted by atomic mass is 10.1. The number of aryl methyl sites for hydroxylation is 2. The van der Waals surface area contributed by atoms with Gasteiger partial charge in [-0.2, -0.15) is 5.26 Å². The Labute approximate surface area is 171 Å². The molecule has 1 aliphatic heterocycles. The molecule has 1 fully saturated rings. The van der Waals surface area contributed by atoms with Gasteiger partial charge < -0.3 is 14.5 Å². The molecule has 29 heavy (non-hydrogen) atoms. The van der Waals surface area contributed by atoms with Crippen LogP contribution in [0.3, 0.4) is 0 Å². The van der Waals surface area contributed by atoms with Crippen molar-refractivity contribution in [3.05, 3.63) is 47.3 Å². The van der Waals surface area contributed by atoms with E-state index in [4.69, 9.17) is 10.00 Å². The lowest BCUT2D eigenvalue weighted by molar-refractivity contribution is -0.131. The summed E-state index contributed by atoms with van der Waals surface area (Å²) in [7, 11) is 1.66. The Balaban J connectivity index is 1.40. The van der Waals surface area contributed by atoms with Crippen LogP contribution in [0.5, 0.6) is 5.75 Å². The van der Waals surface area contributed by atoms with Crippen LogP contribution in [-0.2, 0) is 11.2 Å². The van der Waals surface area contributed by atoms with Crippen LogP contribution in [0.4, 0.5) is 5.95 Å². The minimum Gasteiger partial charge on any atom is -0.497 e. The Hall–Kier alpha value is -3.14. The standard InChI is InChI=1S/C22H27N5O2/c1-17-15-19(16-23)25-22(24-17)27-13-11-26(12-14-27)21(28)6-4-3-5-18-7-9-20(29-2)10-8-18/h7-10,15H,3-6,11-14H2,1-2H3. The maximum atomic E-state index is 12.5. The molecule has 7 nitrogen and oxygen atoms in total. The number of methoxy groups -OCH3 is 1. The van der Waals surface area contributed by atoms with E-state index in [0.717, 1.165) is 30.7 Å². The summed E-state index contributed by atoms with van der Waals surface area (Å²) in [6, 6.07) is 11.8. The molecule has 3 rings (SSSR count). The van der Waals surface area contributed by atoms with Crippen LogP contribution >= 0.6 is 0 Å². The highest BCUT2D eigenvalue weighted by Crippen LogP contribution is 2.16. The summed E-state index contributed by atoms with van der Waals surface area (Å²) in [4.78, 5) is 25.2. The Kier molecular flexibility index (Phi) is 7.01. The van der Waals surface area contributed by atoms with Gasteiger partial charge in [-0.05, 0) is 49.9 Å². The number of rotatable bonds is 7. The first kappa shape index (κ1) is 20.6. The molecule has 1 saturated heterocycles. The van der Waals surface area contributed by atoms with Crippen LogP contribution in [0.15, 0.2) is 30.3 Å². The van der Waals surface area contributed by atoms with Crippen molar-refractivity contribution < 1.29 is 9.53 Å². The van der Waals surface area contributed by atoms with E-state index >= 15 is 0 Å². The Bertz CT molecular complexity index is 868. The third-order valence-corrected chi connectivity index (χ3v) is 5.14. The Morgan fingerprint density at radius 2 is 1.86 bits per heavy atom. The van der Waals surface area contributed by atoms with E-state index in [-0.39, 0.29) is 5.91 Å². The molecule has 2 aromatic rings. The van der Waals surface area contributed by atoms with Crippen molar-refractivity contribution in [2.75, 3.05) is 38.2 Å². The smallest absolute Gasteiger partial charge is 0.226 e. The van der Waals surface area contributed by atoms with Gasteiger partial charge in [-0.25, -0.2) is 9.97 Å². The van der Waals surface area contributed by atoms with Crippen molar-refractivity contribution in [1.82, 2.24) is 14.9 Å². The first-order valence-corrected chi connectivity index (χ1v) is 10.0. The lowest BCUT2D eigenvalue weighted by Gasteiger charge is -2.35. The number of hydrogen-bond acceptors (Lipinski definition) is 6. The molecule has 0 radical (unpaired) electrons. The van der Waals surface area contributed by atoms with E-state index in [1.54, 1.807) is 13.2 Å². The summed E-state index contributed by atoms with van der Waals surface area (Å²) in [5.41, 5.74) is 2.42. The fourth-order valence-electron chi connectivity index (χ4n) is 3.46. The number of ether oxygens (including phenoxy) is 1. The van der Waals surface area contributed by atoms with Crippen molar-refractivity contribution in [1.29, 1.82) is 5.26 Å². The number of carbonyl (C=O) groups is 1. The Morgan fingerprint density at radius 3 is 2.52 bits per heavy atom. The number of nitriles is 1. The molecule has 0 saturated carbocycles. The maximum absolute atomic E-state index is 12.5. The molecule has 152 valence electrons. The number of unbranched alkanes of at least 4 members (excludes halogenated alkanes) is 1. The van der Waals surface area contributed by atoms with E-state index < -0.39 is 0 Å². The summed E-state index contributed by atoms with van der Waals surface area (Å²) in [6.07, 6.45) is 3.43. The molecule has 0 aliphatic carbocycles. The molecule has 0 unspecified atom stereocenters. The number of anilines is 1. The van der Waals surface area contributed by atoms with Gasteiger partial charge in [-0.3, -0.25) is 4.79 Å². The molecule has 1 aromatic carbocycles. The molecule has 0 atom stereocenters. The zero-order valence-corrected chi connectivity index (χ0v) is 17.1. The minimum absolute atomic E-state index is 0.210. The highest BCUT2D eigenvalue weighted by atomic mass is 16.5. The van der Waals surface area contributed by atoms with E-state index in [1.807, 2.05) is 28.9 Å². The molecular formula is C22H27N5O2. The number of carbonyl (C=O) groups excluding carboxylic acids is 1. The fourth-order valence-corrected chi connectivity index (χ4v) is 3.46. The highest BCUT2D eigenvalue weighted by Gasteiger charge is 2.22. The van der Waals surface area contributed by atoms with E-state index in [9.17, 15) is 4.79 Å². The van der Waals surface area contributed by atoms with Crippen molar-refractivity contribution in [3.8, 4) is 11.8 Å². The average Bonchev–Trinajstić information content (AvgIpc) is 2.76. The summed E-state index contributed by atoms with van der Waals surface area (Å²) in [5.74, 6) is 1.65. The molecule has 7 heteroatoms. The second-order valence-corrected chi connectivity index (χ2v) is 7.23. The van der Waals surface area contributed by atoms with Crippen molar-refractivity contribution in [3.63, 3.8) is 0 Å². The SMILES string of the molecule is COc1ccc(CCCCC(=O)N2CCN(c3nc(C)cc(C#N)n3)CC2)cc1. The lowest BCUT2D eigenvalue weighted by Crippen LogP contribution is -2.49. The van der Waals surface area contributed by atoms with Crippen LogP contribution in [0.1, 0.15) is 36.2 Å². The summed E-state index contributed by atoms with van der Waals surface area (Å²) < 4.78 is 5.17. The average molecular weight is 393 g/mol. The van der Waals surface area contributed by atoms with Crippen LogP contribution < -0.4 is 9.64 Å². The molecular weight excluding hydrogens is 366 g/mol. The second kappa shape index (κ2) is 9.87. The molecule has 1 amide bonds. The number of nitrogens with zero attached hydrogens (tertiary/aromatic N) is 5. The van der Waals surface area contributed by atoms with Crippen LogP contribution in [0.2, 0.25) is 0 Å². The molecule has 0 N–H and O–H groups in total. The van der Waals surface area contributed by atoms with Gasteiger partial charge in [0.1, 0.15) is 17.5 Å². The molecule has 2 heterocycles. The van der Waals surface area contributed by atoms with E-state index in [2.05, 4.69) is 28.2 Å². The van der Waals surface area contributed by atoms with Gasteiger partial charge in [0.05, 0.1) is 7.11 Å². The normalized spacial score (nSPS) is 13.8. The minimum atomic E-state index is 0.210. The van der Waals surface area contributed by atoms with Gasteiger partial charge in [0.15, 0.2) is 0 Å². The fraction of sp³-hybridized carbons (Fsp3) is 0.455. The first-order valence-electron chi connectivity index (χ1n) is 10.0. The summed E-state index contributed by atoms with van der Waals surface area (Å²) >= 11 is 0. The van der Waals surface area contributed by atoms with Gasteiger partial charge >= 0.3 is 0 Å². The first-order chi connectivity index (χ1) is 14.1. The maximum Gasteiger partial charge on any atom is 0.226 e. The number of aromatic nitrogens is 2. The van der Waals surface area contributed by atoms with Gasteiger partial charge in [0.25, 0.3) is 0 Å². The number of benzene rings is 1. The van der Waals surface area contributed by atoms with E-state index in [1.165, 1.54) is 5.56 Å². The number of piperazine rings is 1. The zero-order chi connectivity index (χ0) is 20.6.